The maximum Gasteiger partial charge on any atom is 1.00 e. The van der Waals surface area contributed by atoms with Gasteiger partial charge in [0.1, 0.15) is 0 Å². The van der Waals surface area contributed by atoms with Crippen LogP contribution >= 0.6 is 0 Å². The SMILES string of the molecule is C[Se](=O)(=O)O.[H-].[Li+]. The fraction of sp³-hybridized carbons (Fsp3) is 1.00. The summed E-state index contributed by atoms with van der Waals surface area (Å²) in [6.07, 6.45) is 0. The molecule has 0 aromatic rings. The second-order valence-corrected chi connectivity index (χ2v) is 3.81. The van der Waals surface area contributed by atoms with Gasteiger partial charge in [-0.25, -0.2) is 0 Å². The van der Waals surface area contributed by atoms with Gasteiger partial charge in [0.15, 0.2) is 0 Å². The Bertz CT molecular complexity index is 98.1. The zero-order valence-electron chi connectivity index (χ0n) is 4.67. The van der Waals surface area contributed by atoms with Crippen molar-refractivity contribution in [3.63, 3.8) is 0 Å². The first-order valence-corrected chi connectivity index (χ1v) is 4.80. The maximum absolute atomic E-state index is 9.26. The summed E-state index contributed by atoms with van der Waals surface area (Å²) in [6, 6.07) is 0. The van der Waals surface area contributed by atoms with Crippen LogP contribution in [0.5, 0.6) is 0 Å². The van der Waals surface area contributed by atoms with Crippen molar-refractivity contribution in [2.45, 2.75) is 5.82 Å². The van der Waals surface area contributed by atoms with E-state index in [9.17, 15) is 7.67 Å². The van der Waals surface area contributed by atoms with E-state index in [4.69, 9.17) is 4.19 Å². The Kier molecular flexibility index (Phi) is 4.57. The van der Waals surface area contributed by atoms with Gasteiger partial charge in [0.2, 0.25) is 0 Å². The summed E-state index contributed by atoms with van der Waals surface area (Å²) in [7, 11) is 0. The van der Waals surface area contributed by atoms with E-state index in [1.807, 2.05) is 0 Å². The molecule has 1 N–H and O–H groups in total. The van der Waals surface area contributed by atoms with Crippen LogP contribution in [0, 0.1) is 0 Å². The van der Waals surface area contributed by atoms with Crippen LogP contribution in [0.1, 0.15) is 1.43 Å². The van der Waals surface area contributed by atoms with Crippen molar-refractivity contribution in [3.05, 3.63) is 0 Å². The molecule has 0 unspecified atom stereocenters. The molecule has 0 aromatic carbocycles. The minimum atomic E-state index is -4.25. The Labute approximate surface area is 51.4 Å². The molecule has 0 amide bonds. The molecular weight excluding hydrogens is 146 g/mol. The van der Waals surface area contributed by atoms with Gasteiger partial charge in [-0.15, -0.1) is 0 Å². The van der Waals surface area contributed by atoms with Gasteiger partial charge in [0, 0.05) is 0 Å². The zero-order valence-corrected chi connectivity index (χ0v) is 5.39. The van der Waals surface area contributed by atoms with Crippen molar-refractivity contribution in [2.24, 2.45) is 0 Å². The van der Waals surface area contributed by atoms with Crippen LogP contribution in [0.25, 0.3) is 0 Å². The van der Waals surface area contributed by atoms with Gasteiger partial charge in [0.05, 0.1) is 0 Å². The van der Waals surface area contributed by atoms with Crippen LogP contribution in [-0.4, -0.2) is 17.2 Å². The summed E-state index contributed by atoms with van der Waals surface area (Å²) in [5.41, 5.74) is 0. The van der Waals surface area contributed by atoms with E-state index < -0.39 is 13.0 Å². The summed E-state index contributed by atoms with van der Waals surface area (Å²) in [4.78, 5) is 0. The van der Waals surface area contributed by atoms with Crippen molar-refractivity contribution in [3.8, 4) is 0 Å². The van der Waals surface area contributed by atoms with E-state index in [0.717, 1.165) is 5.82 Å². The van der Waals surface area contributed by atoms with E-state index in [2.05, 4.69) is 0 Å². The average molecular weight is 151 g/mol. The van der Waals surface area contributed by atoms with Crippen molar-refractivity contribution < 1.29 is 32.1 Å². The minimum absolute atomic E-state index is 0. The third-order valence-electron chi connectivity index (χ3n) is 0. The van der Waals surface area contributed by atoms with E-state index in [0.29, 0.717) is 0 Å². The van der Waals surface area contributed by atoms with Crippen LogP contribution in [0.4, 0.5) is 0 Å². The first kappa shape index (κ1) is 9.84. The fourth-order valence-corrected chi connectivity index (χ4v) is 0. The Morgan fingerprint density at radius 2 is 1.67 bits per heavy atom. The predicted molar refractivity (Wildman–Crippen MR) is 16.3 cm³/mol. The largest absolute Gasteiger partial charge is 1.00 e. The molecule has 0 bridgehead atoms. The van der Waals surface area contributed by atoms with Crippen LogP contribution in [0.3, 0.4) is 0 Å². The monoisotopic (exact) mass is 152 g/mol. The Morgan fingerprint density at radius 1 is 1.67 bits per heavy atom. The van der Waals surface area contributed by atoms with E-state index in [-0.39, 0.29) is 20.3 Å². The second kappa shape index (κ2) is 2.79. The average Bonchev–Trinajstić information content (AvgIpc) is 0.722. The van der Waals surface area contributed by atoms with Crippen molar-refractivity contribution in [1.29, 1.82) is 0 Å². The number of hydrogen-bond acceptors (Lipinski definition) is 2. The first-order valence-electron chi connectivity index (χ1n) is 0.924. The zero-order chi connectivity index (χ0) is 4.50. The summed E-state index contributed by atoms with van der Waals surface area (Å²) < 4.78 is 26.1. The van der Waals surface area contributed by atoms with Crippen LogP contribution in [-0.2, 0) is 7.67 Å². The van der Waals surface area contributed by atoms with Crippen molar-refractivity contribution in [2.75, 3.05) is 0 Å². The molecule has 0 aliphatic heterocycles. The molecule has 0 fully saturated rings. The molecule has 0 aliphatic rings. The van der Waals surface area contributed by atoms with Crippen molar-refractivity contribution in [1.82, 2.24) is 0 Å². The van der Waals surface area contributed by atoms with Gasteiger partial charge < -0.3 is 1.43 Å². The molecule has 34 valence electrons. The second-order valence-electron chi connectivity index (χ2n) is 0.733. The van der Waals surface area contributed by atoms with Crippen molar-refractivity contribution >= 4 is 13.0 Å². The van der Waals surface area contributed by atoms with E-state index in [1.165, 1.54) is 0 Å². The van der Waals surface area contributed by atoms with E-state index in [1.54, 1.807) is 0 Å². The first-order chi connectivity index (χ1) is 2.00. The standard InChI is InChI=1S/CH4O3Se.Li.H/c1-5(2,3)4;;/h1H3,(H,2,3,4);;/q;+1;-1. The minimum Gasteiger partial charge on any atom is -1.00 e. The summed E-state index contributed by atoms with van der Waals surface area (Å²) in [5.74, 6) is 0.788. The molecule has 0 heterocycles. The topological polar surface area (TPSA) is 54.4 Å². The summed E-state index contributed by atoms with van der Waals surface area (Å²) >= 11 is -4.25. The predicted octanol–water partition coefficient (Wildman–Crippen LogP) is -3.48. The maximum atomic E-state index is 9.26. The molecule has 0 aromatic heterocycles. The number of hydrogen-bond donors (Lipinski definition) is 1. The molecule has 0 saturated carbocycles. The Morgan fingerprint density at radius 3 is 1.67 bits per heavy atom. The molecule has 0 atom stereocenters. The molecule has 0 spiro atoms. The van der Waals surface area contributed by atoms with Gasteiger partial charge in [0.25, 0.3) is 0 Å². The Balaban J connectivity index is -0.0000000800. The van der Waals surface area contributed by atoms with Crippen LogP contribution in [0.15, 0.2) is 0 Å². The summed E-state index contributed by atoms with van der Waals surface area (Å²) in [5, 5.41) is 0. The molecule has 5 heteroatoms. The molecule has 0 rings (SSSR count). The normalized spacial score (nSPS) is 9.67. The van der Waals surface area contributed by atoms with Gasteiger partial charge in [-0.1, -0.05) is 0 Å². The molecular formula is CH5LiO3Se. The molecule has 0 radical (unpaired) electrons. The molecule has 6 heavy (non-hydrogen) atoms. The fourth-order valence-electron chi connectivity index (χ4n) is 0. The van der Waals surface area contributed by atoms with Gasteiger partial charge in [-0.3, -0.25) is 0 Å². The van der Waals surface area contributed by atoms with Gasteiger partial charge in [-0.2, -0.15) is 0 Å². The van der Waals surface area contributed by atoms with Crippen LogP contribution in [0.2, 0.25) is 5.82 Å². The summed E-state index contributed by atoms with van der Waals surface area (Å²) in [6.45, 7) is 0. The molecule has 0 saturated heterocycles. The number of rotatable bonds is 0. The quantitative estimate of drug-likeness (QED) is 0.366. The Hall–Kier alpha value is 0.677. The smallest absolute Gasteiger partial charge is 1.00 e. The van der Waals surface area contributed by atoms with E-state index >= 15 is 0 Å². The molecule has 3 nitrogen and oxygen atoms in total. The van der Waals surface area contributed by atoms with Crippen LogP contribution < -0.4 is 18.9 Å². The third-order valence-corrected chi connectivity index (χ3v) is 0. The van der Waals surface area contributed by atoms with Gasteiger partial charge in [-0.05, 0) is 0 Å². The van der Waals surface area contributed by atoms with Gasteiger partial charge >= 0.3 is 49.6 Å². The third kappa shape index (κ3) is 138. The molecule has 0 aliphatic carbocycles.